The first-order valence-electron chi connectivity index (χ1n) is 7.99. The molecular formula is C17H27BrN4. The van der Waals surface area contributed by atoms with Crippen molar-refractivity contribution >= 4 is 21.9 Å². The number of nitrogens with one attached hydrogen (secondary N) is 2. The van der Waals surface area contributed by atoms with Crippen LogP contribution in [0.5, 0.6) is 0 Å². The topological polar surface area (TPSA) is 39.7 Å². The predicted molar refractivity (Wildman–Crippen MR) is 97.6 cm³/mol. The van der Waals surface area contributed by atoms with E-state index in [1.165, 1.54) is 18.4 Å². The van der Waals surface area contributed by atoms with Crippen LogP contribution >= 0.6 is 15.9 Å². The van der Waals surface area contributed by atoms with Gasteiger partial charge in [0.05, 0.1) is 0 Å². The van der Waals surface area contributed by atoms with E-state index < -0.39 is 0 Å². The zero-order valence-electron chi connectivity index (χ0n) is 13.8. The van der Waals surface area contributed by atoms with Gasteiger partial charge in [-0.25, -0.2) is 0 Å². The predicted octanol–water partition coefficient (Wildman–Crippen LogP) is 2.60. The molecular weight excluding hydrogens is 340 g/mol. The Kier molecular flexibility index (Phi) is 6.26. The lowest BCUT2D eigenvalue weighted by atomic mass is 9.96. The standard InChI is InChI=1S/C17H27BrN4/c1-4-22(3)11-10-20-16(19-2)21-13-17(8-9-17)14-6-5-7-15(18)12-14/h5-7,12H,4,8-11,13H2,1-3H3,(H2,19,20,21). The summed E-state index contributed by atoms with van der Waals surface area (Å²) in [6, 6.07) is 8.66. The third-order valence-electron chi connectivity index (χ3n) is 4.43. The summed E-state index contributed by atoms with van der Waals surface area (Å²) in [6.07, 6.45) is 2.48. The zero-order valence-corrected chi connectivity index (χ0v) is 15.4. The number of halogens is 1. The highest BCUT2D eigenvalue weighted by Crippen LogP contribution is 2.48. The second-order valence-corrected chi connectivity index (χ2v) is 6.95. The van der Waals surface area contributed by atoms with Crippen LogP contribution in [0.25, 0.3) is 0 Å². The van der Waals surface area contributed by atoms with Gasteiger partial charge < -0.3 is 15.5 Å². The number of benzene rings is 1. The Hall–Kier alpha value is -1.07. The molecule has 0 aliphatic heterocycles. The highest BCUT2D eigenvalue weighted by Gasteiger charge is 2.44. The van der Waals surface area contributed by atoms with Gasteiger partial charge in [-0.05, 0) is 44.1 Å². The Labute approximate surface area is 142 Å². The van der Waals surface area contributed by atoms with Crippen LogP contribution < -0.4 is 10.6 Å². The van der Waals surface area contributed by atoms with Gasteiger partial charge in [0, 0.05) is 36.6 Å². The molecule has 0 saturated heterocycles. The lowest BCUT2D eigenvalue weighted by Gasteiger charge is -2.20. The molecule has 0 amide bonds. The van der Waals surface area contributed by atoms with Crippen molar-refractivity contribution in [2.45, 2.75) is 25.2 Å². The van der Waals surface area contributed by atoms with E-state index in [9.17, 15) is 0 Å². The van der Waals surface area contributed by atoms with Gasteiger partial charge in [-0.3, -0.25) is 4.99 Å². The lowest BCUT2D eigenvalue weighted by Crippen LogP contribution is -2.43. The van der Waals surface area contributed by atoms with Crippen molar-refractivity contribution in [1.82, 2.24) is 15.5 Å². The van der Waals surface area contributed by atoms with Crippen LogP contribution in [0.2, 0.25) is 0 Å². The Morgan fingerprint density at radius 3 is 2.73 bits per heavy atom. The quantitative estimate of drug-likeness (QED) is 0.575. The average Bonchev–Trinajstić information content (AvgIpc) is 3.31. The first-order chi connectivity index (χ1) is 10.6. The third-order valence-corrected chi connectivity index (χ3v) is 4.93. The summed E-state index contributed by atoms with van der Waals surface area (Å²) in [5.41, 5.74) is 1.69. The van der Waals surface area contributed by atoms with Gasteiger partial charge in [-0.1, -0.05) is 35.0 Å². The summed E-state index contributed by atoms with van der Waals surface area (Å²) >= 11 is 3.57. The first-order valence-corrected chi connectivity index (χ1v) is 8.78. The first kappa shape index (κ1) is 17.3. The molecule has 1 aliphatic rings. The van der Waals surface area contributed by atoms with E-state index in [4.69, 9.17) is 0 Å². The normalized spacial score (nSPS) is 16.7. The summed E-state index contributed by atoms with van der Waals surface area (Å²) in [7, 11) is 3.96. The molecule has 22 heavy (non-hydrogen) atoms. The summed E-state index contributed by atoms with van der Waals surface area (Å²) in [4.78, 5) is 6.60. The highest BCUT2D eigenvalue weighted by molar-refractivity contribution is 9.10. The minimum atomic E-state index is 0.279. The number of aliphatic imine (C=N–C) groups is 1. The van der Waals surface area contributed by atoms with Crippen LogP contribution in [0.4, 0.5) is 0 Å². The van der Waals surface area contributed by atoms with E-state index in [0.717, 1.165) is 36.6 Å². The third kappa shape index (κ3) is 4.71. The summed E-state index contributed by atoms with van der Waals surface area (Å²) in [5.74, 6) is 0.894. The minimum absolute atomic E-state index is 0.279. The van der Waals surface area contributed by atoms with Crippen molar-refractivity contribution in [2.24, 2.45) is 4.99 Å². The summed E-state index contributed by atoms with van der Waals surface area (Å²) < 4.78 is 1.15. The molecule has 0 unspecified atom stereocenters. The van der Waals surface area contributed by atoms with E-state index in [1.807, 2.05) is 7.05 Å². The second-order valence-electron chi connectivity index (χ2n) is 6.04. The minimum Gasteiger partial charge on any atom is -0.356 e. The largest absolute Gasteiger partial charge is 0.356 e. The Bertz CT molecular complexity index is 511. The van der Waals surface area contributed by atoms with Crippen molar-refractivity contribution in [3.8, 4) is 0 Å². The number of likely N-dealkylation sites (N-methyl/N-ethyl adjacent to an activating group) is 1. The van der Waals surface area contributed by atoms with Crippen LogP contribution in [0.15, 0.2) is 33.7 Å². The van der Waals surface area contributed by atoms with Crippen molar-refractivity contribution in [1.29, 1.82) is 0 Å². The molecule has 1 saturated carbocycles. The van der Waals surface area contributed by atoms with E-state index >= 15 is 0 Å². The van der Waals surface area contributed by atoms with Gasteiger partial charge in [-0.2, -0.15) is 0 Å². The Balaban J connectivity index is 1.83. The maximum absolute atomic E-state index is 4.32. The van der Waals surface area contributed by atoms with E-state index in [-0.39, 0.29) is 5.41 Å². The molecule has 5 heteroatoms. The van der Waals surface area contributed by atoms with E-state index in [2.05, 4.69) is 74.7 Å². The number of hydrogen-bond donors (Lipinski definition) is 2. The molecule has 1 fully saturated rings. The molecule has 1 aromatic carbocycles. The highest BCUT2D eigenvalue weighted by atomic mass is 79.9. The van der Waals surface area contributed by atoms with Gasteiger partial charge in [0.1, 0.15) is 0 Å². The molecule has 1 aliphatic carbocycles. The molecule has 2 rings (SSSR count). The average molecular weight is 367 g/mol. The van der Waals surface area contributed by atoms with Gasteiger partial charge in [0.25, 0.3) is 0 Å². The van der Waals surface area contributed by atoms with Gasteiger partial charge in [0.2, 0.25) is 0 Å². The fourth-order valence-electron chi connectivity index (χ4n) is 2.53. The van der Waals surface area contributed by atoms with E-state index in [0.29, 0.717) is 0 Å². The van der Waals surface area contributed by atoms with Gasteiger partial charge in [-0.15, -0.1) is 0 Å². The van der Waals surface area contributed by atoms with Crippen molar-refractivity contribution in [3.63, 3.8) is 0 Å². The van der Waals surface area contributed by atoms with Crippen molar-refractivity contribution < 1.29 is 0 Å². The number of guanidine groups is 1. The maximum atomic E-state index is 4.32. The maximum Gasteiger partial charge on any atom is 0.191 e. The molecule has 0 heterocycles. The van der Waals surface area contributed by atoms with Gasteiger partial charge in [0.15, 0.2) is 5.96 Å². The molecule has 2 N–H and O–H groups in total. The van der Waals surface area contributed by atoms with Crippen LogP contribution in [-0.4, -0.2) is 51.1 Å². The molecule has 0 atom stereocenters. The van der Waals surface area contributed by atoms with Crippen LogP contribution in [0.1, 0.15) is 25.3 Å². The second kappa shape index (κ2) is 7.97. The monoisotopic (exact) mass is 366 g/mol. The fourth-order valence-corrected chi connectivity index (χ4v) is 2.93. The van der Waals surface area contributed by atoms with Crippen LogP contribution in [0.3, 0.4) is 0 Å². The fraction of sp³-hybridized carbons (Fsp3) is 0.588. The molecule has 1 aromatic rings. The molecule has 0 aromatic heterocycles. The molecule has 4 nitrogen and oxygen atoms in total. The Morgan fingerprint density at radius 1 is 1.36 bits per heavy atom. The molecule has 0 spiro atoms. The van der Waals surface area contributed by atoms with E-state index in [1.54, 1.807) is 0 Å². The lowest BCUT2D eigenvalue weighted by molar-refractivity contribution is 0.357. The van der Waals surface area contributed by atoms with Crippen LogP contribution in [0, 0.1) is 0 Å². The Morgan fingerprint density at radius 2 is 2.14 bits per heavy atom. The molecule has 122 valence electrons. The summed E-state index contributed by atoms with van der Waals surface area (Å²) in [5, 5.41) is 6.87. The number of rotatable bonds is 7. The van der Waals surface area contributed by atoms with Crippen LogP contribution in [-0.2, 0) is 5.41 Å². The number of nitrogens with zero attached hydrogens (tertiary/aromatic N) is 2. The molecule has 0 radical (unpaired) electrons. The zero-order chi connectivity index (χ0) is 16.0. The number of hydrogen-bond acceptors (Lipinski definition) is 2. The summed E-state index contributed by atoms with van der Waals surface area (Å²) in [6.45, 7) is 6.11. The van der Waals surface area contributed by atoms with Crippen molar-refractivity contribution in [3.05, 3.63) is 34.3 Å². The smallest absolute Gasteiger partial charge is 0.191 e. The van der Waals surface area contributed by atoms with Gasteiger partial charge >= 0.3 is 0 Å². The molecule has 0 bridgehead atoms. The van der Waals surface area contributed by atoms with Crippen molar-refractivity contribution in [2.75, 3.05) is 40.3 Å². The SMILES string of the molecule is CCN(C)CCNC(=NC)NCC1(c2cccc(Br)c2)CC1.